The lowest BCUT2D eigenvalue weighted by Gasteiger charge is -2.14. The van der Waals surface area contributed by atoms with E-state index in [9.17, 15) is 14.4 Å². The van der Waals surface area contributed by atoms with Gasteiger partial charge in [-0.25, -0.2) is 4.79 Å². The molecular formula is C19H14N2O4S2. The van der Waals surface area contributed by atoms with Gasteiger partial charge in [0.15, 0.2) is 4.32 Å². The Bertz CT molecular complexity index is 983. The minimum Gasteiger partial charge on any atom is -0.478 e. The quantitative estimate of drug-likeness (QED) is 0.603. The lowest BCUT2D eigenvalue weighted by atomic mass is 10.1. The van der Waals surface area contributed by atoms with Gasteiger partial charge in [0, 0.05) is 12.6 Å². The maximum absolute atomic E-state index is 12.8. The van der Waals surface area contributed by atoms with E-state index >= 15 is 0 Å². The second kappa shape index (κ2) is 7.73. The van der Waals surface area contributed by atoms with Crippen molar-refractivity contribution in [2.75, 3.05) is 10.2 Å². The van der Waals surface area contributed by atoms with Crippen LogP contribution in [0.15, 0.2) is 53.4 Å². The number of carbonyl (C=O) groups excluding carboxylic acids is 2. The largest absolute Gasteiger partial charge is 0.478 e. The highest BCUT2D eigenvalue weighted by molar-refractivity contribution is 8.27. The van der Waals surface area contributed by atoms with Crippen LogP contribution in [0.5, 0.6) is 0 Å². The lowest BCUT2D eigenvalue weighted by Crippen LogP contribution is -2.27. The van der Waals surface area contributed by atoms with Crippen molar-refractivity contribution >= 4 is 63.5 Å². The van der Waals surface area contributed by atoms with E-state index in [-0.39, 0.29) is 17.4 Å². The summed E-state index contributed by atoms with van der Waals surface area (Å²) in [4.78, 5) is 36.7. The molecular weight excluding hydrogens is 384 g/mol. The monoisotopic (exact) mass is 398 g/mol. The number of thiocarbonyl (C=S) groups is 1. The highest BCUT2D eigenvalue weighted by Gasteiger charge is 2.33. The van der Waals surface area contributed by atoms with Crippen LogP contribution in [0, 0.1) is 0 Å². The average Bonchev–Trinajstić information content (AvgIpc) is 2.90. The third-order valence-electron chi connectivity index (χ3n) is 3.67. The SMILES string of the molecule is CC(=O)Nc1ccc(/C=C2\SC(=S)N(c3cccc(C(=O)O)c3)C2=O)cc1. The molecule has 1 aliphatic heterocycles. The summed E-state index contributed by atoms with van der Waals surface area (Å²) >= 11 is 6.45. The van der Waals surface area contributed by atoms with E-state index in [1.807, 2.05) is 0 Å². The van der Waals surface area contributed by atoms with Crippen molar-refractivity contribution in [3.05, 3.63) is 64.6 Å². The summed E-state index contributed by atoms with van der Waals surface area (Å²) in [6, 6.07) is 13.1. The second-order valence-electron chi connectivity index (χ2n) is 5.68. The summed E-state index contributed by atoms with van der Waals surface area (Å²) in [6.07, 6.45) is 1.71. The van der Waals surface area contributed by atoms with Crippen LogP contribution in [0.2, 0.25) is 0 Å². The molecule has 8 heteroatoms. The molecule has 2 aromatic rings. The molecule has 0 saturated carbocycles. The molecule has 1 heterocycles. The zero-order chi connectivity index (χ0) is 19.6. The van der Waals surface area contributed by atoms with Crippen LogP contribution < -0.4 is 10.2 Å². The van der Waals surface area contributed by atoms with Gasteiger partial charge in [0.25, 0.3) is 5.91 Å². The van der Waals surface area contributed by atoms with Crippen LogP contribution in [-0.4, -0.2) is 27.2 Å². The van der Waals surface area contributed by atoms with Gasteiger partial charge in [-0.2, -0.15) is 0 Å². The Balaban J connectivity index is 1.85. The third-order valence-corrected chi connectivity index (χ3v) is 4.98. The van der Waals surface area contributed by atoms with Gasteiger partial charge in [-0.05, 0) is 42.0 Å². The van der Waals surface area contributed by atoms with E-state index in [0.29, 0.717) is 20.6 Å². The van der Waals surface area contributed by atoms with Crippen molar-refractivity contribution in [1.82, 2.24) is 0 Å². The number of rotatable bonds is 4. The number of aromatic carboxylic acids is 1. The molecule has 136 valence electrons. The number of amides is 2. The second-order valence-corrected chi connectivity index (χ2v) is 7.35. The molecule has 0 bridgehead atoms. The molecule has 1 fully saturated rings. The van der Waals surface area contributed by atoms with Crippen molar-refractivity contribution in [2.45, 2.75) is 6.92 Å². The summed E-state index contributed by atoms with van der Waals surface area (Å²) in [5, 5.41) is 11.8. The maximum atomic E-state index is 12.8. The van der Waals surface area contributed by atoms with Crippen molar-refractivity contribution in [3.63, 3.8) is 0 Å². The summed E-state index contributed by atoms with van der Waals surface area (Å²) in [5.41, 5.74) is 1.95. The number of anilines is 2. The van der Waals surface area contributed by atoms with Gasteiger partial charge in [0.1, 0.15) is 0 Å². The fraction of sp³-hybridized carbons (Fsp3) is 0.0526. The molecule has 2 aromatic carbocycles. The summed E-state index contributed by atoms with van der Waals surface area (Å²) in [7, 11) is 0. The van der Waals surface area contributed by atoms with Crippen molar-refractivity contribution < 1.29 is 19.5 Å². The van der Waals surface area contributed by atoms with E-state index in [4.69, 9.17) is 17.3 Å². The average molecular weight is 398 g/mol. The number of nitrogens with zero attached hydrogens (tertiary/aromatic N) is 1. The number of hydrogen-bond acceptors (Lipinski definition) is 5. The van der Waals surface area contributed by atoms with Gasteiger partial charge in [0.2, 0.25) is 5.91 Å². The zero-order valence-corrected chi connectivity index (χ0v) is 15.8. The van der Waals surface area contributed by atoms with Gasteiger partial charge in [-0.15, -0.1) is 0 Å². The summed E-state index contributed by atoms with van der Waals surface area (Å²) < 4.78 is 0.337. The van der Waals surface area contributed by atoms with Crippen LogP contribution in [0.3, 0.4) is 0 Å². The zero-order valence-electron chi connectivity index (χ0n) is 14.1. The fourth-order valence-corrected chi connectivity index (χ4v) is 3.78. The van der Waals surface area contributed by atoms with E-state index in [2.05, 4.69) is 5.32 Å². The van der Waals surface area contributed by atoms with Gasteiger partial charge in [-0.3, -0.25) is 14.5 Å². The van der Waals surface area contributed by atoms with E-state index in [0.717, 1.165) is 17.3 Å². The van der Waals surface area contributed by atoms with Gasteiger partial charge < -0.3 is 10.4 Å². The molecule has 0 radical (unpaired) electrons. The minimum absolute atomic E-state index is 0.0825. The number of carboxylic acid groups (broad SMARTS) is 1. The minimum atomic E-state index is -1.07. The molecule has 1 aliphatic rings. The topological polar surface area (TPSA) is 86.7 Å². The number of carboxylic acids is 1. The molecule has 0 aromatic heterocycles. The van der Waals surface area contributed by atoms with Crippen LogP contribution >= 0.6 is 24.0 Å². The van der Waals surface area contributed by atoms with Crippen LogP contribution in [-0.2, 0) is 9.59 Å². The van der Waals surface area contributed by atoms with Crippen LogP contribution in [0.25, 0.3) is 6.08 Å². The van der Waals surface area contributed by atoms with Crippen LogP contribution in [0.1, 0.15) is 22.8 Å². The Labute approximate surface area is 164 Å². The Kier molecular flexibility index (Phi) is 5.38. The highest BCUT2D eigenvalue weighted by Crippen LogP contribution is 2.36. The predicted molar refractivity (Wildman–Crippen MR) is 110 cm³/mol. The van der Waals surface area contributed by atoms with Gasteiger partial charge >= 0.3 is 5.97 Å². The van der Waals surface area contributed by atoms with Gasteiger partial charge in [0.05, 0.1) is 16.2 Å². The number of thioether (sulfide) groups is 1. The highest BCUT2D eigenvalue weighted by atomic mass is 32.2. The molecule has 0 aliphatic carbocycles. The number of benzene rings is 2. The lowest BCUT2D eigenvalue weighted by molar-refractivity contribution is -0.114. The first-order valence-electron chi connectivity index (χ1n) is 7.84. The molecule has 6 nitrogen and oxygen atoms in total. The molecule has 0 spiro atoms. The Morgan fingerprint density at radius 3 is 2.52 bits per heavy atom. The normalized spacial score (nSPS) is 15.3. The summed E-state index contributed by atoms with van der Waals surface area (Å²) in [5.74, 6) is -1.54. The van der Waals surface area contributed by atoms with E-state index in [1.54, 1.807) is 42.5 Å². The Hall–Kier alpha value is -2.97. The third kappa shape index (κ3) is 4.24. The number of nitrogens with one attached hydrogen (secondary N) is 1. The van der Waals surface area contributed by atoms with Crippen LogP contribution in [0.4, 0.5) is 11.4 Å². The molecule has 27 heavy (non-hydrogen) atoms. The molecule has 2 amide bonds. The Morgan fingerprint density at radius 1 is 1.19 bits per heavy atom. The predicted octanol–water partition coefficient (Wildman–Crippen LogP) is 3.75. The smallest absolute Gasteiger partial charge is 0.335 e. The number of hydrogen-bond donors (Lipinski definition) is 2. The maximum Gasteiger partial charge on any atom is 0.335 e. The van der Waals surface area contributed by atoms with E-state index in [1.165, 1.54) is 24.0 Å². The molecule has 3 rings (SSSR count). The molecule has 2 N–H and O–H groups in total. The number of carbonyl (C=O) groups is 3. The summed E-state index contributed by atoms with van der Waals surface area (Å²) in [6.45, 7) is 1.43. The molecule has 1 saturated heterocycles. The van der Waals surface area contributed by atoms with Gasteiger partial charge in [-0.1, -0.05) is 42.2 Å². The van der Waals surface area contributed by atoms with Crippen molar-refractivity contribution in [1.29, 1.82) is 0 Å². The first kappa shape index (κ1) is 18.8. The first-order chi connectivity index (χ1) is 12.8. The Morgan fingerprint density at radius 2 is 1.89 bits per heavy atom. The van der Waals surface area contributed by atoms with Crippen molar-refractivity contribution in [3.8, 4) is 0 Å². The van der Waals surface area contributed by atoms with Crippen molar-refractivity contribution in [2.24, 2.45) is 0 Å². The van der Waals surface area contributed by atoms with E-state index < -0.39 is 5.97 Å². The molecule has 0 unspecified atom stereocenters. The standard InChI is InChI=1S/C19H14N2O4S2/c1-11(22)20-14-7-5-12(6-8-14)9-16-17(23)21(19(26)27-16)15-4-2-3-13(10-15)18(24)25/h2-10H,1H3,(H,20,22)(H,24,25)/b16-9-. The molecule has 0 atom stereocenters. The fourth-order valence-electron chi connectivity index (χ4n) is 2.49. The first-order valence-corrected chi connectivity index (χ1v) is 9.06.